The van der Waals surface area contributed by atoms with Gasteiger partial charge in [-0.1, -0.05) is 13.3 Å². The molecule has 2 N–H and O–H groups in total. The minimum Gasteiger partial charge on any atom is -0.355 e. The normalized spacial score (nSPS) is 12.2. The van der Waals surface area contributed by atoms with Crippen LogP contribution in [0.1, 0.15) is 38.2 Å². The molecule has 0 fully saturated rings. The predicted molar refractivity (Wildman–Crippen MR) is 71.0 cm³/mol. The summed E-state index contributed by atoms with van der Waals surface area (Å²) in [6.45, 7) is 7.13. The van der Waals surface area contributed by atoms with Crippen molar-refractivity contribution in [2.24, 2.45) is 0 Å². The maximum Gasteiger partial charge on any atom is 0.236 e. The van der Waals surface area contributed by atoms with E-state index in [1.54, 1.807) is 6.20 Å². The first-order valence-corrected chi connectivity index (χ1v) is 6.43. The van der Waals surface area contributed by atoms with Gasteiger partial charge < -0.3 is 10.6 Å². The smallest absolute Gasteiger partial charge is 0.236 e. The topological polar surface area (TPSA) is 66.9 Å². The van der Waals surface area contributed by atoms with Crippen molar-refractivity contribution in [2.45, 2.75) is 46.2 Å². The molecule has 0 saturated heterocycles. The van der Waals surface area contributed by atoms with Gasteiger partial charge in [0, 0.05) is 19.3 Å². The van der Waals surface area contributed by atoms with E-state index in [1.165, 1.54) is 0 Å². The molecule has 18 heavy (non-hydrogen) atoms. The van der Waals surface area contributed by atoms with Crippen LogP contribution in [-0.4, -0.2) is 28.5 Å². The van der Waals surface area contributed by atoms with Crippen LogP contribution >= 0.6 is 0 Å². The minimum atomic E-state index is -0.211. The number of aromatic nitrogens is 2. The Hall–Kier alpha value is -1.49. The molecule has 1 unspecified atom stereocenters. The third-order valence-electron chi connectivity index (χ3n) is 2.65. The van der Waals surface area contributed by atoms with Crippen molar-refractivity contribution in [3.63, 3.8) is 0 Å². The highest BCUT2D eigenvalue weighted by Crippen LogP contribution is 1.95. The molecule has 1 rings (SSSR count). The van der Waals surface area contributed by atoms with Gasteiger partial charge in [0.05, 0.1) is 11.7 Å². The fraction of sp³-hybridized carbons (Fsp3) is 0.615. The quantitative estimate of drug-likeness (QED) is 0.713. The average molecular weight is 250 g/mol. The summed E-state index contributed by atoms with van der Waals surface area (Å²) in [6.07, 6.45) is 3.83. The lowest BCUT2D eigenvalue weighted by Crippen LogP contribution is -2.42. The van der Waals surface area contributed by atoms with Crippen molar-refractivity contribution in [3.8, 4) is 0 Å². The van der Waals surface area contributed by atoms with Gasteiger partial charge in [0.15, 0.2) is 0 Å². The fourth-order valence-electron chi connectivity index (χ4n) is 1.50. The summed E-state index contributed by atoms with van der Waals surface area (Å²) < 4.78 is 0. The van der Waals surface area contributed by atoms with Crippen LogP contribution in [0.25, 0.3) is 0 Å². The summed E-state index contributed by atoms with van der Waals surface area (Å²) in [5, 5.41) is 6.05. The van der Waals surface area contributed by atoms with Gasteiger partial charge in [0.25, 0.3) is 0 Å². The highest BCUT2D eigenvalue weighted by atomic mass is 16.2. The molecule has 0 aromatic carbocycles. The largest absolute Gasteiger partial charge is 0.355 e. The second-order valence-electron chi connectivity index (χ2n) is 4.34. The van der Waals surface area contributed by atoms with Crippen molar-refractivity contribution < 1.29 is 4.79 Å². The molecule has 0 spiro atoms. The van der Waals surface area contributed by atoms with E-state index in [0.717, 1.165) is 30.9 Å². The van der Waals surface area contributed by atoms with Crippen LogP contribution in [0, 0.1) is 6.92 Å². The third kappa shape index (κ3) is 5.23. The van der Waals surface area contributed by atoms with Crippen LogP contribution in [0.15, 0.2) is 12.3 Å². The first-order chi connectivity index (χ1) is 8.63. The lowest BCUT2D eigenvalue weighted by molar-refractivity contribution is -0.122. The van der Waals surface area contributed by atoms with Gasteiger partial charge in [-0.3, -0.25) is 4.79 Å². The fourth-order valence-corrected chi connectivity index (χ4v) is 1.50. The Labute approximate surface area is 108 Å². The molecule has 1 aromatic rings. The Kier molecular flexibility index (Phi) is 6.28. The second-order valence-corrected chi connectivity index (χ2v) is 4.34. The molecule has 0 saturated carbocycles. The SMILES string of the molecule is CCCCNC(=O)C(C)NCc1ccnc(C)n1. The van der Waals surface area contributed by atoms with E-state index >= 15 is 0 Å². The van der Waals surface area contributed by atoms with Crippen LogP contribution < -0.4 is 10.6 Å². The summed E-state index contributed by atoms with van der Waals surface area (Å²) in [5.41, 5.74) is 0.899. The predicted octanol–water partition coefficient (Wildman–Crippen LogP) is 1.18. The third-order valence-corrected chi connectivity index (χ3v) is 2.65. The summed E-state index contributed by atoms with van der Waals surface area (Å²) in [5.74, 6) is 0.781. The zero-order valence-corrected chi connectivity index (χ0v) is 11.4. The van der Waals surface area contributed by atoms with E-state index in [2.05, 4.69) is 27.5 Å². The van der Waals surface area contributed by atoms with E-state index in [-0.39, 0.29) is 11.9 Å². The average Bonchev–Trinajstić information content (AvgIpc) is 2.36. The Morgan fingerprint density at radius 1 is 1.50 bits per heavy atom. The highest BCUT2D eigenvalue weighted by Gasteiger charge is 2.11. The monoisotopic (exact) mass is 250 g/mol. The molecule has 0 aliphatic carbocycles. The lowest BCUT2D eigenvalue weighted by Gasteiger charge is -2.13. The van der Waals surface area contributed by atoms with Crippen LogP contribution in [0.4, 0.5) is 0 Å². The molecule has 1 amide bonds. The van der Waals surface area contributed by atoms with Gasteiger partial charge in [0.1, 0.15) is 5.82 Å². The number of hydrogen-bond donors (Lipinski definition) is 2. The molecule has 1 heterocycles. The van der Waals surface area contributed by atoms with Gasteiger partial charge in [-0.05, 0) is 26.3 Å². The number of unbranched alkanes of at least 4 members (excludes halogenated alkanes) is 1. The number of carbonyl (C=O) groups excluding carboxylic acids is 1. The molecule has 1 aromatic heterocycles. The van der Waals surface area contributed by atoms with Crippen molar-refractivity contribution in [2.75, 3.05) is 6.54 Å². The molecular weight excluding hydrogens is 228 g/mol. The maximum absolute atomic E-state index is 11.7. The van der Waals surface area contributed by atoms with Gasteiger partial charge in [0.2, 0.25) is 5.91 Å². The molecule has 5 nitrogen and oxygen atoms in total. The minimum absolute atomic E-state index is 0.0363. The maximum atomic E-state index is 11.7. The molecule has 100 valence electrons. The van der Waals surface area contributed by atoms with Crippen molar-refractivity contribution in [1.29, 1.82) is 0 Å². The molecule has 0 radical (unpaired) electrons. The molecule has 0 aliphatic rings. The Morgan fingerprint density at radius 3 is 2.94 bits per heavy atom. The number of amides is 1. The highest BCUT2D eigenvalue weighted by molar-refractivity contribution is 5.81. The second kappa shape index (κ2) is 7.76. The van der Waals surface area contributed by atoms with Gasteiger partial charge in [-0.15, -0.1) is 0 Å². The number of carbonyl (C=O) groups is 1. The van der Waals surface area contributed by atoms with Gasteiger partial charge in [-0.2, -0.15) is 0 Å². The van der Waals surface area contributed by atoms with Gasteiger partial charge in [-0.25, -0.2) is 9.97 Å². The molecule has 5 heteroatoms. The first kappa shape index (κ1) is 14.6. The lowest BCUT2D eigenvalue weighted by atomic mass is 10.2. The Morgan fingerprint density at radius 2 is 2.28 bits per heavy atom. The Bertz CT molecular complexity index is 381. The summed E-state index contributed by atoms with van der Waals surface area (Å²) in [6, 6.07) is 1.64. The van der Waals surface area contributed by atoms with Gasteiger partial charge >= 0.3 is 0 Å². The van der Waals surface area contributed by atoms with E-state index in [1.807, 2.05) is 19.9 Å². The summed E-state index contributed by atoms with van der Waals surface area (Å²) >= 11 is 0. The van der Waals surface area contributed by atoms with Crippen LogP contribution in [0.5, 0.6) is 0 Å². The molecule has 0 aliphatic heterocycles. The van der Waals surface area contributed by atoms with Crippen LogP contribution in [0.2, 0.25) is 0 Å². The summed E-state index contributed by atoms with van der Waals surface area (Å²) in [7, 11) is 0. The first-order valence-electron chi connectivity index (χ1n) is 6.43. The standard InChI is InChI=1S/C13H22N4O/c1-4-5-7-15-13(18)10(2)16-9-12-6-8-14-11(3)17-12/h6,8,10,16H,4-5,7,9H2,1-3H3,(H,15,18). The zero-order valence-electron chi connectivity index (χ0n) is 11.4. The molecule has 0 bridgehead atoms. The molecule has 1 atom stereocenters. The number of nitrogens with one attached hydrogen (secondary N) is 2. The number of nitrogens with zero attached hydrogens (tertiary/aromatic N) is 2. The van der Waals surface area contributed by atoms with Crippen molar-refractivity contribution in [1.82, 2.24) is 20.6 Å². The van der Waals surface area contributed by atoms with Crippen LogP contribution in [-0.2, 0) is 11.3 Å². The van der Waals surface area contributed by atoms with E-state index < -0.39 is 0 Å². The molecular formula is C13H22N4O. The van der Waals surface area contributed by atoms with Crippen molar-refractivity contribution in [3.05, 3.63) is 23.8 Å². The van der Waals surface area contributed by atoms with E-state index in [9.17, 15) is 4.79 Å². The van der Waals surface area contributed by atoms with E-state index in [0.29, 0.717) is 6.54 Å². The van der Waals surface area contributed by atoms with Crippen molar-refractivity contribution >= 4 is 5.91 Å². The van der Waals surface area contributed by atoms with Crippen LogP contribution in [0.3, 0.4) is 0 Å². The number of aryl methyl sites for hydroxylation is 1. The Balaban J connectivity index is 2.32. The summed E-state index contributed by atoms with van der Waals surface area (Å²) in [4.78, 5) is 20.0. The van der Waals surface area contributed by atoms with E-state index in [4.69, 9.17) is 0 Å². The number of rotatable bonds is 7. The number of hydrogen-bond acceptors (Lipinski definition) is 4. The zero-order chi connectivity index (χ0) is 13.4.